The molecule has 2 heterocycles. The molecule has 1 aromatic rings. The maximum absolute atomic E-state index is 11.9. The summed E-state index contributed by atoms with van der Waals surface area (Å²) in [7, 11) is -1.74. The molecule has 0 aliphatic carbocycles. The fourth-order valence-electron chi connectivity index (χ4n) is 3.44. The van der Waals surface area contributed by atoms with Gasteiger partial charge >= 0.3 is 7.12 Å². The summed E-state index contributed by atoms with van der Waals surface area (Å²) in [6.45, 7) is 10.1. The zero-order valence-corrected chi connectivity index (χ0v) is 17.8. The van der Waals surface area contributed by atoms with Gasteiger partial charge in [-0.3, -0.25) is 4.90 Å². The Morgan fingerprint density at radius 2 is 1.78 bits per heavy atom. The van der Waals surface area contributed by atoms with Crippen LogP contribution in [0.4, 0.5) is 0 Å². The Hall–Kier alpha value is -1.09. The molecule has 6 nitrogen and oxygen atoms in total. The highest BCUT2D eigenvalue weighted by Gasteiger charge is 2.52. The van der Waals surface area contributed by atoms with Gasteiger partial charge < -0.3 is 14.0 Å². The molecule has 2 aliphatic rings. The van der Waals surface area contributed by atoms with Gasteiger partial charge in [-0.25, -0.2) is 8.42 Å². The van der Waals surface area contributed by atoms with E-state index in [1.54, 1.807) is 7.11 Å². The van der Waals surface area contributed by atoms with Crippen molar-refractivity contribution in [2.75, 3.05) is 31.7 Å². The number of benzene rings is 1. The molecular weight excluding hydrogens is 365 g/mol. The quantitative estimate of drug-likeness (QED) is 0.722. The van der Waals surface area contributed by atoms with Gasteiger partial charge in [-0.2, -0.15) is 0 Å². The molecule has 0 atom stereocenters. The van der Waals surface area contributed by atoms with Crippen LogP contribution in [0.25, 0.3) is 0 Å². The van der Waals surface area contributed by atoms with E-state index >= 15 is 0 Å². The van der Waals surface area contributed by atoms with Crippen LogP contribution in [0.5, 0.6) is 5.75 Å². The van der Waals surface area contributed by atoms with E-state index in [0.717, 1.165) is 23.3 Å². The summed E-state index contributed by atoms with van der Waals surface area (Å²) in [5.74, 6) is 1.25. The van der Waals surface area contributed by atoms with Gasteiger partial charge in [0.25, 0.3) is 0 Å². The number of nitrogens with zero attached hydrogens (tertiary/aromatic N) is 1. The second-order valence-electron chi connectivity index (χ2n) is 8.43. The van der Waals surface area contributed by atoms with Gasteiger partial charge in [0.2, 0.25) is 0 Å². The van der Waals surface area contributed by atoms with Crippen LogP contribution >= 0.6 is 0 Å². The van der Waals surface area contributed by atoms with Crippen molar-refractivity contribution in [2.45, 2.75) is 51.9 Å². The molecule has 2 fully saturated rings. The first-order valence-electron chi connectivity index (χ1n) is 9.48. The van der Waals surface area contributed by atoms with Crippen LogP contribution in [-0.4, -0.2) is 63.3 Å². The Morgan fingerprint density at radius 1 is 1.11 bits per heavy atom. The lowest BCUT2D eigenvalue weighted by Gasteiger charge is -2.32. The number of sulfone groups is 1. The second kappa shape index (κ2) is 7.39. The average molecular weight is 395 g/mol. The van der Waals surface area contributed by atoms with Gasteiger partial charge in [0.1, 0.15) is 5.75 Å². The summed E-state index contributed by atoms with van der Waals surface area (Å²) in [5.41, 5.74) is 1.20. The molecule has 8 heteroatoms. The highest BCUT2D eigenvalue weighted by Crippen LogP contribution is 2.37. The highest BCUT2D eigenvalue weighted by molar-refractivity contribution is 7.91. The Bertz CT molecular complexity index is 777. The topological polar surface area (TPSA) is 65.1 Å². The van der Waals surface area contributed by atoms with Gasteiger partial charge in [-0.15, -0.1) is 0 Å². The van der Waals surface area contributed by atoms with Crippen molar-refractivity contribution < 1.29 is 22.5 Å². The molecule has 0 radical (unpaired) electrons. The SMILES string of the molecule is COc1ccc(B2OC(C)(C)C(C)(C)O2)c(CN2CCCS(=O)(=O)CC2)c1. The van der Waals surface area contributed by atoms with E-state index in [2.05, 4.69) is 4.90 Å². The van der Waals surface area contributed by atoms with E-state index < -0.39 is 28.2 Å². The van der Waals surface area contributed by atoms with Crippen molar-refractivity contribution in [1.82, 2.24) is 4.90 Å². The van der Waals surface area contributed by atoms with Crippen LogP contribution < -0.4 is 10.2 Å². The van der Waals surface area contributed by atoms with Crippen molar-refractivity contribution >= 4 is 22.4 Å². The van der Waals surface area contributed by atoms with Crippen LogP contribution in [-0.2, 0) is 25.7 Å². The van der Waals surface area contributed by atoms with Gasteiger partial charge in [0.05, 0.1) is 29.8 Å². The van der Waals surface area contributed by atoms with Gasteiger partial charge in [-0.05, 0) is 63.8 Å². The zero-order chi connectivity index (χ0) is 19.9. The average Bonchev–Trinajstić information content (AvgIpc) is 2.69. The van der Waals surface area contributed by atoms with Gasteiger partial charge in [0.15, 0.2) is 9.84 Å². The minimum atomic E-state index is -2.93. The first kappa shape index (κ1) is 20.6. The minimum absolute atomic E-state index is 0.211. The van der Waals surface area contributed by atoms with Crippen molar-refractivity contribution in [3.63, 3.8) is 0 Å². The lowest BCUT2D eigenvalue weighted by Crippen LogP contribution is -2.41. The number of rotatable bonds is 4. The highest BCUT2D eigenvalue weighted by atomic mass is 32.2. The van der Waals surface area contributed by atoms with Crippen LogP contribution in [0.2, 0.25) is 0 Å². The zero-order valence-electron chi connectivity index (χ0n) is 16.9. The first-order chi connectivity index (χ1) is 12.5. The maximum Gasteiger partial charge on any atom is 0.495 e. The minimum Gasteiger partial charge on any atom is -0.497 e. The molecule has 1 aromatic carbocycles. The van der Waals surface area contributed by atoms with E-state index in [9.17, 15) is 8.42 Å². The summed E-state index contributed by atoms with van der Waals surface area (Å²) in [4.78, 5) is 2.19. The Kier molecular flexibility index (Phi) is 5.65. The third-order valence-corrected chi connectivity index (χ3v) is 7.61. The van der Waals surface area contributed by atoms with E-state index in [4.69, 9.17) is 14.0 Å². The molecule has 0 bridgehead atoms. The smallest absolute Gasteiger partial charge is 0.495 e. The molecule has 0 N–H and O–H groups in total. The lowest BCUT2D eigenvalue weighted by molar-refractivity contribution is 0.00578. The first-order valence-corrected chi connectivity index (χ1v) is 11.3. The second-order valence-corrected chi connectivity index (χ2v) is 10.7. The fraction of sp³-hybridized carbons (Fsp3) is 0.684. The Labute approximate surface area is 163 Å². The largest absolute Gasteiger partial charge is 0.497 e. The summed E-state index contributed by atoms with van der Waals surface area (Å²) in [6, 6.07) is 5.90. The molecular formula is C19H30BNO5S. The third kappa shape index (κ3) is 4.50. The summed E-state index contributed by atoms with van der Waals surface area (Å²) >= 11 is 0. The third-order valence-electron chi connectivity index (χ3n) is 5.90. The number of hydrogen-bond donors (Lipinski definition) is 0. The van der Waals surface area contributed by atoms with E-state index in [0.29, 0.717) is 19.5 Å². The monoisotopic (exact) mass is 395 g/mol. The molecule has 27 heavy (non-hydrogen) atoms. The van der Waals surface area contributed by atoms with Crippen LogP contribution in [0.15, 0.2) is 18.2 Å². The summed E-state index contributed by atoms with van der Waals surface area (Å²) in [6.07, 6.45) is 0.665. The van der Waals surface area contributed by atoms with Crippen molar-refractivity contribution in [3.8, 4) is 5.75 Å². The van der Waals surface area contributed by atoms with E-state index in [1.165, 1.54) is 0 Å². The summed E-state index contributed by atoms with van der Waals surface area (Å²) < 4.78 is 41.7. The van der Waals surface area contributed by atoms with Crippen molar-refractivity contribution in [3.05, 3.63) is 23.8 Å². The molecule has 0 saturated carbocycles. The van der Waals surface area contributed by atoms with Crippen molar-refractivity contribution in [1.29, 1.82) is 0 Å². The van der Waals surface area contributed by atoms with Gasteiger partial charge in [-0.1, -0.05) is 6.07 Å². The summed E-state index contributed by atoms with van der Waals surface area (Å²) in [5, 5.41) is 0. The van der Waals surface area contributed by atoms with Gasteiger partial charge in [0, 0.05) is 13.1 Å². The fourth-order valence-corrected chi connectivity index (χ4v) is 4.74. The molecule has 2 aliphatic heterocycles. The normalized spacial score (nSPS) is 24.6. The predicted molar refractivity (Wildman–Crippen MR) is 107 cm³/mol. The Balaban J connectivity index is 1.86. The standard InChI is InChI=1S/C19H30BNO5S/c1-18(2)19(3,4)26-20(25-18)17-8-7-16(24-5)13-15(17)14-21-9-6-11-27(22,23)12-10-21/h7-8,13H,6,9-12,14H2,1-5H3. The number of methoxy groups -OCH3 is 1. The van der Waals surface area contributed by atoms with Crippen LogP contribution in [0, 0.1) is 0 Å². The molecule has 150 valence electrons. The Morgan fingerprint density at radius 3 is 2.41 bits per heavy atom. The molecule has 0 spiro atoms. The van der Waals surface area contributed by atoms with Crippen LogP contribution in [0.1, 0.15) is 39.7 Å². The number of hydrogen-bond acceptors (Lipinski definition) is 6. The molecule has 0 amide bonds. The van der Waals surface area contributed by atoms with Crippen molar-refractivity contribution in [2.24, 2.45) is 0 Å². The molecule has 2 saturated heterocycles. The predicted octanol–water partition coefficient (Wildman–Crippen LogP) is 1.61. The molecule has 0 unspecified atom stereocenters. The maximum atomic E-state index is 11.9. The molecule has 0 aromatic heterocycles. The van der Waals surface area contributed by atoms with E-state index in [1.807, 2.05) is 45.9 Å². The molecule has 3 rings (SSSR count). The lowest BCUT2D eigenvalue weighted by atomic mass is 9.75. The number of ether oxygens (including phenoxy) is 1. The van der Waals surface area contributed by atoms with Crippen LogP contribution in [0.3, 0.4) is 0 Å². The van der Waals surface area contributed by atoms with E-state index in [-0.39, 0.29) is 11.5 Å².